The number of esters is 1. The van der Waals surface area contributed by atoms with Gasteiger partial charge in [-0.2, -0.15) is 0 Å². The summed E-state index contributed by atoms with van der Waals surface area (Å²) in [6.45, 7) is 12.8. The summed E-state index contributed by atoms with van der Waals surface area (Å²) in [7, 11) is 0.700. The summed E-state index contributed by atoms with van der Waals surface area (Å²) in [5.74, 6) is -0.755. The van der Waals surface area contributed by atoms with E-state index >= 15 is 0 Å². The van der Waals surface area contributed by atoms with Crippen LogP contribution in [0.25, 0.3) is 0 Å². The smallest absolute Gasteiger partial charge is 0.465 e. The first-order chi connectivity index (χ1) is 12.1. The van der Waals surface area contributed by atoms with Crippen LogP contribution >= 0.6 is 0 Å². The van der Waals surface area contributed by atoms with E-state index in [1.165, 1.54) is 7.11 Å². The minimum atomic E-state index is -0.602. The maximum absolute atomic E-state index is 12.9. The van der Waals surface area contributed by atoms with Gasteiger partial charge in [0.25, 0.3) is 5.91 Å². The first-order valence-corrected chi connectivity index (χ1v) is 8.95. The largest absolute Gasteiger partial charge is 0.494 e. The van der Waals surface area contributed by atoms with Crippen molar-refractivity contribution in [2.75, 3.05) is 20.2 Å². The van der Waals surface area contributed by atoms with Gasteiger partial charge in [-0.05, 0) is 59.1 Å². The van der Waals surface area contributed by atoms with Crippen LogP contribution in [-0.2, 0) is 14.0 Å². The topological polar surface area (TPSA) is 65.1 Å². The molecule has 1 aromatic carbocycles. The number of methoxy groups -OCH3 is 1. The molecule has 0 aliphatic carbocycles. The van der Waals surface area contributed by atoms with Crippen LogP contribution in [0.4, 0.5) is 0 Å². The van der Waals surface area contributed by atoms with Gasteiger partial charge in [0.15, 0.2) is 0 Å². The van der Waals surface area contributed by atoms with Gasteiger partial charge in [0.2, 0.25) is 0 Å². The summed E-state index contributed by atoms with van der Waals surface area (Å²) < 4.78 is 17.0. The van der Waals surface area contributed by atoms with E-state index in [4.69, 9.17) is 14.0 Å². The van der Waals surface area contributed by atoms with Gasteiger partial charge in [-0.1, -0.05) is 6.07 Å². The van der Waals surface area contributed by atoms with Crippen molar-refractivity contribution in [1.82, 2.24) is 4.90 Å². The van der Waals surface area contributed by atoms with E-state index in [-0.39, 0.29) is 11.5 Å². The molecule has 0 aromatic heterocycles. The number of carbonyl (C=O) groups excluding carboxylic acids is 2. The second-order valence-corrected chi connectivity index (χ2v) is 7.36. The van der Waals surface area contributed by atoms with Gasteiger partial charge in [-0.3, -0.25) is 4.79 Å². The summed E-state index contributed by atoms with van der Waals surface area (Å²) >= 11 is 0. The van der Waals surface area contributed by atoms with Crippen molar-refractivity contribution in [2.45, 2.75) is 52.7 Å². The van der Waals surface area contributed by atoms with Gasteiger partial charge >= 0.3 is 13.1 Å². The van der Waals surface area contributed by atoms with Crippen LogP contribution in [0, 0.1) is 0 Å². The quantitative estimate of drug-likeness (QED) is 0.595. The molecule has 1 aliphatic heterocycles. The first kappa shape index (κ1) is 20.5. The van der Waals surface area contributed by atoms with Crippen molar-refractivity contribution < 1.29 is 23.6 Å². The zero-order valence-corrected chi connectivity index (χ0v) is 16.7. The number of ether oxygens (including phenoxy) is 1. The molecule has 0 radical (unpaired) electrons. The monoisotopic (exact) mass is 361 g/mol. The third-order valence-electron chi connectivity index (χ3n) is 5.26. The first-order valence-electron chi connectivity index (χ1n) is 8.95. The highest BCUT2D eigenvalue weighted by Crippen LogP contribution is 2.36. The van der Waals surface area contributed by atoms with E-state index < -0.39 is 24.3 Å². The fourth-order valence-electron chi connectivity index (χ4n) is 2.83. The standard InChI is InChI=1S/C19H28BNO5/c1-8-21(9-2)16(22)15-12-13(10-11-14(15)17(23)24-7)20-25-18(3,4)19(5,6)26-20/h10-12H,8-9H2,1-7H3. The molecule has 1 saturated heterocycles. The number of hydrogen-bond acceptors (Lipinski definition) is 5. The summed E-state index contributed by atoms with van der Waals surface area (Å²) in [6, 6.07) is 5.02. The third-order valence-corrected chi connectivity index (χ3v) is 5.26. The molecular formula is C19H28BNO5. The summed E-state index contributed by atoms with van der Waals surface area (Å²) in [4.78, 5) is 26.7. The Morgan fingerprint density at radius 3 is 2.04 bits per heavy atom. The summed E-state index contributed by atoms with van der Waals surface area (Å²) in [5, 5.41) is 0. The van der Waals surface area contributed by atoms with E-state index in [1.807, 2.05) is 41.5 Å². The van der Waals surface area contributed by atoms with E-state index in [2.05, 4.69) is 0 Å². The molecule has 0 N–H and O–H groups in total. The van der Waals surface area contributed by atoms with Gasteiger partial charge < -0.3 is 18.9 Å². The molecule has 7 heteroatoms. The number of nitrogens with zero attached hydrogens (tertiary/aromatic N) is 1. The summed E-state index contributed by atoms with van der Waals surface area (Å²) in [5.41, 5.74) is 0.271. The number of rotatable bonds is 5. The predicted molar refractivity (Wildman–Crippen MR) is 101 cm³/mol. The zero-order valence-electron chi connectivity index (χ0n) is 16.7. The van der Waals surface area contributed by atoms with Gasteiger partial charge in [0.05, 0.1) is 29.4 Å². The van der Waals surface area contributed by atoms with E-state index in [9.17, 15) is 9.59 Å². The molecule has 26 heavy (non-hydrogen) atoms. The highest BCUT2D eigenvalue weighted by molar-refractivity contribution is 6.62. The van der Waals surface area contributed by atoms with Crippen molar-refractivity contribution in [3.8, 4) is 0 Å². The van der Waals surface area contributed by atoms with Crippen LogP contribution in [0.3, 0.4) is 0 Å². The average molecular weight is 361 g/mol. The van der Waals surface area contributed by atoms with Crippen LogP contribution in [0.1, 0.15) is 62.3 Å². The Balaban J connectivity index is 2.47. The van der Waals surface area contributed by atoms with Crippen LogP contribution in [-0.4, -0.2) is 55.3 Å². The maximum atomic E-state index is 12.9. The molecule has 1 heterocycles. The second-order valence-electron chi connectivity index (χ2n) is 7.36. The Bertz CT molecular complexity index is 681. The molecule has 1 amide bonds. The molecular weight excluding hydrogens is 333 g/mol. The lowest BCUT2D eigenvalue weighted by Gasteiger charge is -2.32. The Hall–Kier alpha value is -1.86. The fourth-order valence-corrected chi connectivity index (χ4v) is 2.83. The highest BCUT2D eigenvalue weighted by Gasteiger charge is 2.51. The zero-order chi connectivity index (χ0) is 19.7. The van der Waals surface area contributed by atoms with Crippen LogP contribution in [0.5, 0.6) is 0 Å². The third kappa shape index (κ3) is 3.64. The van der Waals surface area contributed by atoms with Crippen molar-refractivity contribution >= 4 is 24.5 Å². The predicted octanol–water partition coefficient (Wildman–Crippen LogP) is 2.25. The number of amides is 1. The SMILES string of the molecule is CCN(CC)C(=O)c1cc(B2OC(C)(C)C(C)(C)O2)ccc1C(=O)OC. The van der Waals surface area contributed by atoms with Crippen LogP contribution < -0.4 is 5.46 Å². The van der Waals surface area contributed by atoms with Crippen molar-refractivity contribution in [2.24, 2.45) is 0 Å². The van der Waals surface area contributed by atoms with E-state index in [0.717, 1.165) is 0 Å². The second kappa shape index (κ2) is 7.41. The molecule has 0 atom stereocenters. The lowest BCUT2D eigenvalue weighted by atomic mass is 9.77. The molecule has 0 unspecified atom stereocenters. The van der Waals surface area contributed by atoms with Gasteiger partial charge in [-0.25, -0.2) is 4.79 Å². The fraction of sp³-hybridized carbons (Fsp3) is 0.579. The Morgan fingerprint density at radius 1 is 1.04 bits per heavy atom. The average Bonchev–Trinajstić information content (AvgIpc) is 2.82. The normalized spacial score (nSPS) is 17.9. The molecule has 1 aliphatic rings. The van der Waals surface area contributed by atoms with E-state index in [1.54, 1.807) is 23.1 Å². The minimum Gasteiger partial charge on any atom is -0.465 e. The molecule has 0 bridgehead atoms. The molecule has 142 valence electrons. The van der Waals surface area contributed by atoms with Gasteiger partial charge in [0.1, 0.15) is 0 Å². The lowest BCUT2D eigenvalue weighted by Crippen LogP contribution is -2.41. The van der Waals surface area contributed by atoms with Gasteiger partial charge in [0, 0.05) is 13.1 Å². The van der Waals surface area contributed by atoms with Crippen molar-refractivity contribution in [3.63, 3.8) is 0 Å². The molecule has 1 fully saturated rings. The summed E-state index contributed by atoms with van der Waals surface area (Å²) in [6.07, 6.45) is 0. The van der Waals surface area contributed by atoms with Gasteiger partial charge in [-0.15, -0.1) is 0 Å². The number of carbonyl (C=O) groups is 2. The highest BCUT2D eigenvalue weighted by atomic mass is 16.7. The minimum absolute atomic E-state index is 0.214. The van der Waals surface area contributed by atoms with Crippen molar-refractivity contribution in [3.05, 3.63) is 29.3 Å². The molecule has 0 spiro atoms. The molecule has 2 rings (SSSR count). The molecule has 0 saturated carbocycles. The Morgan fingerprint density at radius 2 is 1.58 bits per heavy atom. The Labute approximate surface area is 155 Å². The van der Waals surface area contributed by atoms with Crippen LogP contribution in [0.2, 0.25) is 0 Å². The molecule has 6 nitrogen and oxygen atoms in total. The van der Waals surface area contributed by atoms with Crippen molar-refractivity contribution in [1.29, 1.82) is 0 Å². The Kier molecular flexibility index (Phi) is 5.83. The van der Waals surface area contributed by atoms with Crippen LogP contribution in [0.15, 0.2) is 18.2 Å². The maximum Gasteiger partial charge on any atom is 0.494 e. The number of benzene rings is 1. The molecule has 1 aromatic rings. The number of hydrogen-bond donors (Lipinski definition) is 0. The lowest BCUT2D eigenvalue weighted by molar-refractivity contribution is 0.00578. The van der Waals surface area contributed by atoms with E-state index in [0.29, 0.717) is 24.1 Å².